The molecule has 1 saturated heterocycles. The zero-order chi connectivity index (χ0) is 21.4. The zero-order valence-electron chi connectivity index (χ0n) is 16.9. The second kappa shape index (κ2) is 8.32. The highest BCUT2D eigenvalue weighted by molar-refractivity contribution is 6.30. The van der Waals surface area contributed by atoms with E-state index in [1.54, 1.807) is 12.1 Å². The molecular formula is C23H22ClFN4O2. The lowest BCUT2D eigenvalue weighted by molar-refractivity contribution is -0.00121. The highest BCUT2D eigenvalue weighted by atomic mass is 35.5. The predicted octanol–water partition coefficient (Wildman–Crippen LogP) is 3.91. The van der Waals surface area contributed by atoms with E-state index in [0.717, 1.165) is 16.9 Å². The topological polar surface area (TPSA) is 50.6 Å². The number of amides is 1. The summed E-state index contributed by atoms with van der Waals surface area (Å²) in [6.07, 6.45) is -0.119. The third-order valence-electron chi connectivity index (χ3n) is 5.85. The number of ether oxygens (including phenoxy) is 1. The van der Waals surface area contributed by atoms with Gasteiger partial charge in [0.15, 0.2) is 5.69 Å². The van der Waals surface area contributed by atoms with Gasteiger partial charge in [0, 0.05) is 36.9 Å². The van der Waals surface area contributed by atoms with Gasteiger partial charge < -0.3 is 14.5 Å². The molecule has 0 aliphatic carbocycles. The maximum absolute atomic E-state index is 13.1. The average molecular weight is 441 g/mol. The number of hydrogen-bond donors (Lipinski definition) is 0. The molecule has 0 spiro atoms. The summed E-state index contributed by atoms with van der Waals surface area (Å²) in [5, 5.41) is 5.26. The van der Waals surface area contributed by atoms with E-state index < -0.39 is 0 Å². The van der Waals surface area contributed by atoms with Gasteiger partial charge in [0.2, 0.25) is 0 Å². The standard InChI is InChI=1S/C23H22ClFN4O2/c24-17-3-1-16(2-4-17)22-14-29-20(15-31-22)13-21(26-29)23(30)28-11-9-27(10-12-28)19-7-5-18(25)6-8-19/h1-8,13,22H,9-12,14-15H2. The van der Waals surface area contributed by atoms with Crippen molar-refractivity contribution in [2.75, 3.05) is 31.1 Å². The van der Waals surface area contributed by atoms with Crippen LogP contribution in [-0.2, 0) is 17.9 Å². The largest absolute Gasteiger partial charge is 0.368 e. The quantitative estimate of drug-likeness (QED) is 0.619. The van der Waals surface area contributed by atoms with E-state index in [2.05, 4.69) is 10.00 Å². The van der Waals surface area contributed by atoms with Gasteiger partial charge in [-0.3, -0.25) is 9.48 Å². The van der Waals surface area contributed by atoms with Crippen LogP contribution in [-0.4, -0.2) is 46.8 Å². The zero-order valence-corrected chi connectivity index (χ0v) is 17.6. The number of carbonyl (C=O) groups excluding carboxylic acids is 1. The number of benzene rings is 2. The molecule has 0 N–H and O–H groups in total. The first-order valence-electron chi connectivity index (χ1n) is 10.3. The van der Waals surface area contributed by atoms with Crippen LogP contribution in [0.15, 0.2) is 54.6 Å². The Balaban J connectivity index is 1.23. The van der Waals surface area contributed by atoms with Crippen LogP contribution in [0.4, 0.5) is 10.1 Å². The molecule has 1 amide bonds. The molecule has 1 unspecified atom stereocenters. The van der Waals surface area contributed by atoms with Gasteiger partial charge in [-0.05, 0) is 48.0 Å². The number of hydrogen-bond acceptors (Lipinski definition) is 4. The van der Waals surface area contributed by atoms with Crippen molar-refractivity contribution < 1.29 is 13.9 Å². The first-order valence-corrected chi connectivity index (χ1v) is 10.7. The fraction of sp³-hybridized carbons (Fsp3) is 0.304. The Morgan fingerprint density at radius 2 is 1.74 bits per heavy atom. The van der Waals surface area contributed by atoms with Crippen molar-refractivity contribution in [1.82, 2.24) is 14.7 Å². The number of halogens is 2. The van der Waals surface area contributed by atoms with Crippen molar-refractivity contribution >= 4 is 23.2 Å². The molecule has 1 atom stereocenters. The van der Waals surface area contributed by atoms with E-state index in [0.29, 0.717) is 50.0 Å². The maximum Gasteiger partial charge on any atom is 0.274 e. The van der Waals surface area contributed by atoms with Crippen LogP contribution in [0.5, 0.6) is 0 Å². The van der Waals surface area contributed by atoms with Crippen LogP contribution in [0.1, 0.15) is 27.8 Å². The summed E-state index contributed by atoms with van der Waals surface area (Å²) in [6.45, 7) is 3.57. The van der Waals surface area contributed by atoms with Gasteiger partial charge in [-0.15, -0.1) is 0 Å². The molecular weight excluding hydrogens is 419 g/mol. The number of aromatic nitrogens is 2. The fourth-order valence-electron chi connectivity index (χ4n) is 4.09. The average Bonchev–Trinajstić information content (AvgIpc) is 3.23. The Labute approximate surface area is 184 Å². The lowest BCUT2D eigenvalue weighted by atomic mass is 10.1. The van der Waals surface area contributed by atoms with Crippen molar-refractivity contribution in [3.8, 4) is 0 Å². The molecule has 8 heteroatoms. The third kappa shape index (κ3) is 4.16. The number of rotatable bonds is 3. The highest BCUT2D eigenvalue weighted by Crippen LogP contribution is 2.28. The van der Waals surface area contributed by atoms with E-state index in [4.69, 9.17) is 16.3 Å². The summed E-state index contributed by atoms with van der Waals surface area (Å²) in [7, 11) is 0. The van der Waals surface area contributed by atoms with Crippen molar-refractivity contribution in [1.29, 1.82) is 0 Å². The lowest BCUT2D eigenvalue weighted by Gasteiger charge is -2.35. The summed E-state index contributed by atoms with van der Waals surface area (Å²) in [4.78, 5) is 17.0. The van der Waals surface area contributed by atoms with Crippen LogP contribution in [0, 0.1) is 5.82 Å². The molecule has 1 fully saturated rings. The monoisotopic (exact) mass is 440 g/mol. The molecule has 3 aromatic rings. The van der Waals surface area contributed by atoms with Gasteiger partial charge in [-0.2, -0.15) is 5.10 Å². The number of anilines is 1. The second-order valence-corrected chi connectivity index (χ2v) is 8.25. The summed E-state index contributed by atoms with van der Waals surface area (Å²) >= 11 is 5.98. The van der Waals surface area contributed by atoms with Crippen molar-refractivity contribution in [2.24, 2.45) is 0 Å². The van der Waals surface area contributed by atoms with Gasteiger partial charge in [0.1, 0.15) is 11.9 Å². The van der Waals surface area contributed by atoms with Crippen LogP contribution in [0.3, 0.4) is 0 Å². The number of fused-ring (bicyclic) bond motifs is 1. The predicted molar refractivity (Wildman–Crippen MR) is 116 cm³/mol. The summed E-state index contributed by atoms with van der Waals surface area (Å²) < 4.78 is 21.0. The molecule has 0 bridgehead atoms. The summed E-state index contributed by atoms with van der Waals surface area (Å²) in [5.41, 5.74) is 3.36. The highest BCUT2D eigenvalue weighted by Gasteiger charge is 2.28. The van der Waals surface area contributed by atoms with E-state index in [-0.39, 0.29) is 17.8 Å². The van der Waals surface area contributed by atoms with E-state index in [1.807, 2.05) is 39.9 Å². The smallest absolute Gasteiger partial charge is 0.274 e. The minimum absolute atomic E-state index is 0.0660. The molecule has 2 aliphatic heterocycles. The normalized spacial score (nSPS) is 18.7. The van der Waals surface area contributed by atoms with Crippen molar-refractivity contribution in [2.45, 2.75) is 19.3 Å². The minimum atomic E-state index is -0.247. The molecule has 2 aliphatic rings. The molecule has 3 heterocycles. The Bertz CT molecular complexity index is 1080. The van der Waals surface area contributed by atoms with Gasteiger partial charge in [0.25, 0.3) is 5.91 Å². The first kappa shape index (κ1) is 20.0. The summed E-state index contributed by atoms with van der Waals surface area (Å²) in [5.74, 6) is -0.313. The fourth-order valence-corrected chi connectivity index (χ4v) is 4.22. The second-order valence-electron chi connectivity index (χ2n) is 7.81. The Morgan fingerprint density at radius 1 is 1.03 bits per heavy atom. The van der Waals surface area contributed by atoms with Crippen LogP contribution in [0.2, 0.25) is 5.02 Å². The molecule has 160 valence electrons. The van der Waals surface area contributed by atoms with Gasteiger partial charge in [-0.1, -0.05) is 23.7 Å². The maximum atomic E-state index is 13.1. The molecule has 6 nitrogen and oxygen atoms in total. The SMILES string of the molecule is O=C(c1cc2n(n1)CC(c1ccc(Cl)cc1)OC2)N1CCN(c2ccc(F)cc2)CC1. The molecule has 1 aromatic heterocycles. The van der Waals surface area contributed by atoms with Crippen LogP contribution < -0.4 is 4.90 Å². The molecule has 0 saturated carbocycles. The number of piperazine rings is 1. The molecule has 5 rings (SSSR count). The van der Waals surface area contributed by atoms with Crippen molar-refractivity contribution in [3.63, 3.8) is 0 Å². The van der Waals surface area contributed by atoms with E-state index in [9.17, 15) is 9.18 Å². The third-order valence-corrected chi connectivity index (χ3v) is 6.11. The van der Waals surface area contributed by atoms with Crippen molar-refractivity contribution in [3.05, 3.63) is 82.4 Å². The molecule has 2 aromatic carbocycles. The molecule has 31 heavy (non-hydrogen) atoms. The van der Waals surface area contributed by atoms with Gasteiger partial charge in [0.05, 0.1) is 18.8 Å². The van der Waals surface area contributed by atoms with Crippen LogP contribution in [0.25, 0.3) is 0 Å². The van der Waals surface area contributed by atoms with Gasteiger partial charge >= 0.3 is 0 Å². The Morgan fingerprint density at radius 3 is 2.45 bits per heavy atom. The van der Waals surface area contributed by atoms with Crippen LogP contribution >= 0.6 is 11.6 Å². The first-order chi connectivity index (χ1) is 15.1. The number of carbonyl (C=O) groups is 1. The lowest BCUT2D eigenvalue weighted by Crippen LogP contribution is -2.48. The Hall–Kier alpha value is -2.90. The van der Waals surface area contributed by atoms with E-state index >= 15 is 0 Å². The minimum Gasteiger partial charge on any atom is -0.368 e. The Kier molecular flexibility index (Phi) is 5.38. The number of nitrogens with zero attached hydrogens (tertiary/aromatic N) is 4. The molecule has 0 radical (unpaired) electrons. The van der Waals surface area contributed by atoms with Gasteiger partial charge in [-0.25, -0.2) is 4.39 Å². The van der Waals surface area contributed by atoms with E-state index in [1.165, 1.54) is 12.1 Å². The summed E-state index contributed by atoms with van der Waals surface area (Å²) in [6, 6.07) is 15.9.